The number of hydrogen-bond donors (Lipinski definition) is 1. The zero-order valence-corrected chi connectivity index (χ0v) is 12.3. The molecule has 2 rings (SSSR count). The molecule has 110 valence electrons. The van der Waals surface area contributed by atoms with Gasteiger partial charge in [-0.3, -0.25) is 4.79 Å². The van der Waals surface area contributed by atoms with Crippen LogP contribution in [0.1, 0.15) is 23.7 Å². The maximum Gasteiger partial charge on any atom is 0.254 e. The number of carbonyl (C=O) groups excluding carboxylic acids is 1. The van der Waals surface area contributed by atoms with Crippen LogP contribution >= 0.6 is 0 Å². The number of benzene rings is 1. The van der Waals surface area contributed by atoms with E-state index in [-0.39, 0.29) is 11.9 Å². The lowest BCUT2D eigenvalue weighted by Gasteiger charge is -2.35. The lowest BCUT2D eigenvalue weighted by molar-refractivity contribution is 0.0671. The average Bonchev–Trinajstić information content (AvgIpc) is 2.48. The highest BCUT2D eigenvalue weighted by molar-refractivity contribution is 5.95. The molecule has 20 heavy (non-hydrogen) atoms. The summed E-state index contributed by atoms with van der Waals surface area (Å²) in [6, 6.07) is 5.25. The number of piperidine rings is 1. The normalized spacial score (nSPS) is 22.5. The van der Waals surface area contributed by atoms with Crippen LogP contribution in [0.15, 0.2) is 18.2 Å². The number of amides is 1. The molecular weight excluding hydrogens is 256 g/mol. The highest BCUT2D eigenvalue weighted by atomic mass is 16.5. The van der Waals surface area contributed by atoms with E-state index in [1.165, 1.54) is 0 Å². The van der Waals surface area contributed by atoms with Crippen LogP contribution < -0.4 is 15.2 Å². The van der Waals surface area contributed by atoms with Gasteiger partial charge in [-0.25, -0.2) is 0 Å². The van der Waals surface area contributed by atoms with Crippen LogP contribution in [0.5, 0.6) is 11.5 Å². The summed E-state index contributed by atoms with van der Waals surface area (Å²) in [4.78, 5) is 14.4. The number of rotatable bonds is 3. The largest absolute Gasteiger partial charge is 0.497 e. The van der Waals surface area contributed by atoms with Gasteiger partial charge >= 0.3 is 0 Å². The molecule has 2 N–H and O–H groups in total. The SMILES string of the molecule is COc1cc(OC)cc(C(=O)N2CCC(C)C(N)C2)c1. The van der Waals surface area contributed by atoms with E-state index in [9.17, 15) is 4.79 Å². The van der Waals surface area contributed by atoms with Crippen molar-refractivity contribution in [1.29, 1.82) is 0 Å². The van der Waals surface area contributed by atoms with Gasteiger partial charge in [0.25, 0.3) is 5.91 Å². The van der Waals surface area contributed by atoms with E-state index in [1.54, 1.807) is 37.3 Å². The number of hydrogen-bond acceptors (Lipinski definition) is 4. The minimum Gasteiger partial charge on any atom is -0.497 e. The number of nitrogens with zero attached hydrogens (tertiary/aromatic N) is 1. The van der Waals surface area contributed by atoms with Crippen LogP contribution in [-0.4, -0.2) is 44.2 Å². The second-order valence-corrected chi connectivity index (χ2v) is 5.28. The predicted octanol–water partition coefficient (Wildman–Crippen LogP) is 1.51. The quantitative estimate of drug-likeness (QED) is 0.910. The predicted molar refractivity (Wildman–Crippen MR) is 77.2 cm³/mol. The van der Waals surface area contributed by atoms with Crippen molar-refractivity contribution in [2.24, 2.45) is 11.7 Å². The van der Waals surface area contributed by atoms with E-state index in [0.29, 0.717) is 29.5 Å². The number of likely N-dealkylation sites (tertiary alicyclic amines) is 1. The van der Waals surface area contributed by atoms with Gasteiger partial charge in [-0.2, -0.15) is 0 Å². The summed E-state index contributed by atoms with van der Waals surface area (Å²) in [5, 5.41) is 0. The molecule has 1 saturated heterocycles. The fourth-order valence-electron chi connectivity index (χ4n) is 2.40. The first-order valence-corrected chi connectivity index (χ1v) is 6.83. The van der Waals surface area contributed by atoms with Crippen molar-refractivity contribution in [3.05, 3.63) is 23.8 Å². The van der Waals surface area contributed by atoms with E-state index < -0.39 is 0 Å². The van der Waals surface area contributed by atoms with Gasteiger partial charge in [0.2, 0.25) is 0 Å². The molecule has 5 heteroatoms. The van der Waals surface area contributed by atoms with Crippen molar-refractivity contribution in [2.75, 3.05) is 27.3 Å². The van der Waals surface area contributed by atoms with Crippen LogP contribution in [0.3, 0.4) is 0 Å². The van der Waals surface area contributed by atoms with E-state index >= 15 is 0 Å². The molecule has 1 heterocycles. The molecule has 1 aromatic rings. The third kappa shape index (κ3) is 3.04. The third-order valence-electron chi connectivity index (χ3n) is 3.90. The molecule has 0 bridgehead atoms. The first kappa shape index (κ1) is 14.7. The van der Waals surface area contributed by atoms with Crippen LogP contribution in [0.2, 0.25) is 0 Å². The lowest BCUT2D eigenvalue weighted by atomic mass is 9.94. The summed E-state index contributed by atoms with van der Waals surface area (Å²) in [5.41, 5.74) is 6.63. The summed E-state index contributed by atoms with van der Waals surface area (Å²) < 4.78 is 10.4. The van der Waals surface area contributed by atoms with Crippen molar-refractivity contribution in [3.8, 4) is 11.5 Å². The van der Waals surface area contributed by atoms with Crippen molar-refractivity contribution in [1.82, 2.24) is 4.90 Å². The zero-order valence-electron chi connectivity index (χ0n) is 12.3. The number of methoxy groups -OCH3 is 2. The first-order valence-electron chi connectivity index (χ1n) is 6.83. The van der Waals surface area contributed by atoms with Gasteiger partial charge in [0, 0.05) is 30.8 Å². The monoisotopic (exact) mass is 278 g/mol. The van der Waals surface area contributed by atoms with Gasteiger partial charge in [0.1, 0.15) is 11.5 Å². The van der Waals surface area contributed by atoms with Gasteiger partial charge in [-0.05, 0) is 24.5 Å². The van der Waals surface area contributed by atoms with Crippen molar-refractivity contribution < 1.29 is 14.3 Å². The molecule has 1 fully saturated rings. The van der Waals surface area contributed by atoms with Crippen LogP contribution in [0, 0.1) is 5.92 Å². The van der Waals surface area contributed by atoms with Crippen LogP contribution in [-0.2, 0) is 0 Å². The van der Waals surface area contributed by atoms with E-state index in [4.69, 9.17) is 15.2 Å². The maximum absolute atomic E-state index is 12.5. The smallest absolute Gasteiger partial charge is 0.254 e. The summed E-state index contributed by atoms with van der Waals surface area (Å²) in [6.07, 6.45) is 0.939. The highest BCUT2D eigenvalue weighted by Gasteiger charge is 2.27. The minimum atomic E-state index is -0.0236. The number of ether oxygens (including phenoxy) is 2. The topological polar surface area (TPSA) is 64.8 Å². The Morgan fingerprint density at radius 1 is 1.25 bits per heavy atom. The summed E-state index contributed by atoms with van der Waals surface area (Å²) in [6.45, 7) is 3.47. The average molecular weight is 278 g/mol. The summed E-state index contributed by atoms with van der Waals surface area (Å²) in [7, 11) is 3.14. The Morgan fingerprint density at radius 2 is 1.85 bits per heavy atom. The van der Waals surface area contributed by atoms with Crippen LogP contribution in [0.4, 0.5) is 0 Å². The number of carbonyl (C=O) groups is 1. The Hall–Kier alpha value is -1.75. The second-order valence-electron chi connectivity index (χ2n) is 5.28. The van der Waals surface area contributed by atoms with Gasteiger partial charge in [0.05, 0.1) is 14.2 Å². The van der Waals surface area contributed by atoms with Crippen molar-refractivity contribution in [2.45, 2.75) is 19.4 Å². The molecule has 2 atom stereocenters. The fraction of sp³-hybridized carbons (Fsp3) is 0.533. The molecular formula is C15H22N2O3. The molecule has 5 nitrogen and oxygen atoms in total. The standard InChI is InChI=1S/C15H22N2O3/c1-10-4-5-17(9-14(10)16)15(18)11-6-12(19-2)8-13(7-11)20-3/h6-8,10,14H,4-5,9,16H2,1-3H3. The molecule has 1 aromatic carbocycles. The van der Waals surface area contributed by atoms with E-state index in [0.717, 1.165) is 13.0 Å². The lowest BCUT2D eigenvalue weighted by Crippen LogP contribution is -2.49. The van der Waals surface area contributed by atoms with Gasteiger partial charge in [-0.1, -0.05) is 6.92 Å². The maximum atomic E-state index is 12.5. The Balaban J connectivity index is 2.20. The Kier molecular flexibility index (Phi) is 4.49. The van der Waals surface area contributed by atoms with Crippen LogP contribution in [0.25, 0.3) is 0 Å². The fourth-order valence-corrected chi connectivity index (χ4v) is 2.40. The zero-order chi connectivity index (χ0) is 14.7. The Morgan fingerprint density at radius 3 is 2.35 bits per heavy atom. The molecule has 2 unspecified atom stereocenters. The molecule has 1 aliphatic rings. The van der Waals surface area contributed by atoms with Gasteiger partial charge in [-0.15, -0.1) is 0 Å². The molecule has 0 radical (unpaired) electrons. The number of nitrogens with two attached hydrogens (primary N) is 1. The van der Waals surface area contributed by atoms with Gasteiger partial charge in [0.15, 0.2) is 0 Å². The molecule has 0 spiro atoms. The molecule has 0 saturated carbocycles. The summed E-state index contributed by atoms with van der Waals surface area (Å²) in [5.74, 6) is 1.66. The molecule has 1 aliphatic heterocycles. The molecule has 1 amide bonds. The first-order chi connectivity index (χ1) is 9.55. The molecule has 0 aliphatic carbocycles. The highest BCUT2D eigenvalue weighted by Crippen LogP contribution is 2.25. The Labute approximate surface area is 119 Å². The summed E-state index contributed by atoms with van der Waals surface area (Å²) >= 11 is 0. The minimum absolute atomic E-state index is 0.0236. The third-order valence-corrected chi connectivity index (χ3v) is 3.90. The second kappa shape index (κ2) is 6.13. The Bertz CT molecular complexity index is 468. The van der Waals surface area contributed by atoms with E-state index in [1.807, 2.05) is 0 Å². The van der Waals surface area contributed by atoms with Crippen molar-refractivity contribution >= 4 is 5.91 Å². The van der Waals surface area contributed by atoms with Crippen molar-refractivity contribution in [3.63, 3.8) is 0 Å². The molecule has 0 aromatic heterocycles. The van der Waals surface area contributed by atoms with E-state index in [2.05, 4.69) is 6.92 Å². The van der Waals surface area contributed by atoms with Gasteiger partial charge < -0.3 is 20.1 Å².